The maximum absolute atomic E-state index is 6.11. The lowest BCUT2D eigenvalue weighted by molar-refractivity contribution is 0.00183. The predicted octanol–water partition coefficient (Wildman–Crippen LogP) is 2.80. The molecule has 20 heavy (non-hydrogen) atoms. The average molecular weight is 276 g/mol. The molecule has 0 amide bonds. The molecule has 3 heteroatoms. The van der Waals surface area contributed by atoms with Crippen LogP contribution in [0.4, 0.5) is 0 Å². The molecule has 1 aromatic carbocycles. The summed E-state index contributed by atoms with van der Waals surface area (Å²) >= 11 is 0. The first-order chi connectivity index (χ1) is 9.65. The van der Waals surface area contributed by atoms with Crippen molar-refractivity contribution in [2.24, 2.45) is 0 Å². The number of hydrogen-bond donors (Lipinski definition) is 1. The Morgan fingerprint density at radius 1 is 1.20 bits per heavy atom. The molecular formula is C17H28N2O. The molecule has 1 heterocycles. The van der Waals surface area contributed by atoms with Gasteiger partial charge in [0.2, 0.25) is 0 Å². The Hall–Kier alpha value is -0.900. The van der Waals surface area contributed by atoms with Crippen LogP contribution in [0.3, 0.4) is 0 Å². The molecule has 1 aliphatic heterocycles. The third kappa shape index (κ3) is 4.89. The van der Waals surface area contributed by atoms with Gasteiger partial charge in [0.25, 0.3) is 0 Å². The quantitative estimate of drug-likeness (QED) is 0.864. The Balaban J connectivity index is 1.85. The van der Waals surface area contributed by atoms with E-state index < -0.39 is 0 Å². The highest BCUT2D eigenvalue weighted by Gasteiger charge is 2.17. The van der Waals surface area contributed by atoms with E-state index in [1.165, 1.54) is 11.1 Å². The highest BCUT2D eigenvalue weighted by Crippen LogP contribution is 2.16. The summed E-state index contributed by atoms with van der Waals surface area (Å²) in [5, 5.41) is 3.48. The molecular weight excluding hydrogens is 248 g/mol. The van der Waals surface area contributed by atoms with Gasteiger partial charge in [-0.15, -0.1) is 0 Å². The second-order valence-electron chi connectivity index (χ2n) is 6.12. The first-order valence-corrected chi connectivity index (χ1v) is 7.75. The van der Waals surface area contributed by atoms with Crippen molar-refractivity contribution in [2.45, 2.75) is 52.0 Å². The van der Waals surface area contributed by atoms with E-state index in [1.54, 1.807) is 0 Å². The van der Waals surface area contributed by atoms with Gasteiger partial charge in [-0.1, -0.05) is 38.1 Å². The molecule has 0 atom stereocenters. The molecule has 3 nitrogen and oxygen atoms in total. The number of piperidine rings is 1. The van der Waals surface area contributed by atoms with Crippen molar-refractivity contribution in [1.82, 2.24) is 10.2 Å². The molecule has 1 fully saturated rings. The fourth-order valence-electron chi connectivity index (χ4n) is 2.54. The number of ether oxygens (including phenoxy) is 1. The molecule has 0 unspecified atom stereocenters. The van der Waals surface area contributed by atoms with Gasteiger partial charge in [-0.25, -0.2) is 0 Å². The van der Waals surface area contributed by atoms with Crippen LogP contribution in [-0.2, 0) is 17.9 Å². The summed E-state index contributed by atoms with van der Waals surface area (Å²) in [6, 6.07) is 9.11. The van der Waals surface area contributed by atoms with Crippen LogP contribution < -0.4 is 5.32 Å². The van der Waals surface area contributed by atoms with E-state index in [4.69, 9.17) is 4.74 Å². The molecule has 1 aromatic rings. The minimum Gasteiger partial charge on any atom is -0.373 e. The highest BCUT2D eigenvalue weighted by atomic mass is 16.5. The van der Waals surface area contributed by atoms with E-state index in [0.717, 1.165) is 39.1 Å². The molecule has 1 aliphatic rings. The molecule has 0 saturated carbocycles. The summed E-state index contributed by atoms with van der Waals surface area (Å²) in [7, 11) is 2.18. The van der Waals surface area contributed by atoms with Crippen LogP contribution in [0.5, 0.6) is 0 Å². The Labute approximate surface area is 123 Å². The van der Waals surface area contributed by atoms with Gasteiger partial charge in [0.05, 0.1) is 12.7 Å². The van der Waals surface area contributed by atoms with Crippen LogP contribution >= 0.6 is 0 Å². The maximum Gasteiger partial charge on any atom is 0.0723 e. The lowest BCUT2D eigenvalue weighted by Gasteiger charge is -2.29. The van der Waals surface area contributed by atoms with E-state index in [-0.39, 0.29) is 0 Å². The Morgan fingerprint density at radius 3 is 2.50 bits per heavy atom. The minimum absolute atomic E-state index is 0.428. The molecule has 1 N–H and O–H groups in total. The summed E-state index contributed by atoms with van der Waals surface area (Å²) < 4.78 is 6.11. The third-order valence-electron chi connectivity index (χ3n) is 3.96. The number of rotatable bonds is 6. The monoisotopic (exact) mass is 276 g/mol. The van der Waals surface area contributed by atoms with Gasteiger partial charge < -0.3 is 15.0 Å². The van der Waals surface area contributed by atoms with Crippen LogP contribution in [0, 0.1) is 0 Å². The van der Waals surface area contributed by atoms with E-state index >= 15 is 0 Å². The zero-order valence-electron chi connectivity index (χ0n) is 13.1. The summed E-state index contributed by atoms with van der Waals surface area (Å²) in [5.74, 6) is 0. The zero-order valence-corrected chi connectivity index (χ0v) is 13.1. The topological polar surface area (TPSA) is 24.5 Å². The van der Waals surface area contributed by atoms with Crippen molar-refractivity contribution >= 4 is 0 Å². The standard InChI is InChI=1S/C17H28N2O/c1-14(2)18-12-15-6-4-5-7-16(15)13-20-17-8-10-19(3)11-9-17/h4-7,14,17-18H,8-13H2,1-3H3. The molecule has 0 radical (unpaired) electrons. The number of nitrogens with one attached hydrogen (secondary N) is 1. The van der Waals surface area contributed by atoms with Crippen LogP contribution in [0.15, 0.2) is 24.3 Å². The number of benzene rings is 1. The largest absolute Gasteiger partial charge is 0.373 e. The SMILES string of the molecule is CC(C)NCc1ccccc1COC1CCN(C)CC1. The second kappa shape index (κ2) is 7.77. The van der Waals surface area contributed by atoms with Gasteiger partial charge in [-0.3, -0.25) is 0 Å². The lowest BCUT2D eigenvalue weighted by Crippen LogP contribution is -2.34. The van der Waals surface area contributed by atoms with Crippen LogP contribution in [0.2, 0.25) is 0 Å². The van der Waals surface area contributed by atoms with Crippen molar-refractivity contribution < 1.29 is 4.74 Å². The smallest absolute Gasteiger partial charge is 0.0723 e. The second-order valence-corrected chi connectivity index (χ2v) is 6.12. The zero-order chi connectivity index (χ0) is 14.4. The highest BCUT2D eigenvalue weighted by molar-refractivity contribution is 5.26. The Bertz CT molecular complexity index is 398. The van der Waals surface area contributed by atoms with Crippen molar-refractivity contribution in [1.29, 1.82) is 0 Å². The fourth-order valence-corrected chi connectivity index (χ4v) is 2.54. The molecule has 112 valence electrons. The lowest BCUT2D eigenvalue weighted by atomic mass is 10.1. The first kappa shape index (κ1) is 15.5. The van der Waals surface area contributed by atoms with Gasteiger partial charge in [0.1, 0.15) is 0 Å². The van der Waals surface area contributed by atoms with Gasteiger partial charge in [0.15, 0.2) is 0 Å². The molecule has 0 aromatic heterocycles. The van der Waals surface area contributed by atoms with Gasteiger partial charge in [-0.05, 0) is 31.0 Å². The summed E-state index contributed by atoms with van der Waals surface area (Å²) in [5.41, 5.74) is 2.67. The van der Waals surface area contributed by atoms with Crippen LogP contribution in [0.25, 0.3) is 0 Å². The van der Waals surface area contributed by atoms with E-state index in [2.05, 4.69) is 55.4 Å². The van der Waals surface area contributed by atoms with Crippen molar-refractivity contribution in [3.8, 4) is 0 Å². The number of nitrogens with zero attached hydrogens (tertiary/aromatic N) is 1. The molecule has 2 rings (SSSR count). The molecule has 0 aliphatic carbocycles. The van der Waals surface area contributed by atoms with Crippen LogP contribution in [-0.4, -0.2) is 37.2 Å². The van der Waals surface area contributed by atoms with Crippen molar-refractivity contribution in [3.63, 3.8) is 0 Å². The minimum atomic E-state index is 0.428. The molecule has 0 spiro atoms. The Kier molecular flexibility index (Phi) is 6.02. The Morgan fingerprint density at radius 2 is 1.85 bits per heavy atom. The summed E-state index contributed by atoms with van der Waals surface area (Å²) in [6.45, 7) is 8.33. The fraction of sp³-hybridized carbons (Fsp3) is 0.647. The number of likely N-dealkylation sites (tertiary alicyclic amines) is 1. The van der Waals surface area contributed by atoms with E-state index in [1.807, 2.05) is 0 Å². The van der Waals surface area contributed by atoms with Crippen molar-refractivity contribution in [2.75, 3.05) is 20.1 Å². The predicted molar refractivity (Wildman–Crippen MR) is 83.7 cm³/mol. The normalized spacial score (nSPS) is 17.8. The van der Waals surface area contributed by atoms with Gasteiger partial charge in [0, 0.05) is 25.7 Å². The first-order valence-electron chi connectivity index (χ1n) is 7.75. The maximum atomic E-state index is 6.11. The summed E-state index contributed by atoms with van der Waals surface area (Å²) in [4.78, 5) is 2.38. The van der Waals surface area contributed by atoms with Gasteiger partial charge >= 0.3 is 0 Å². The van der Waals surface area contributed by atoms with E-state index in [0.29, 0.717) is 12.1 Å². The van der Waals surface area contributed by atoms with Crippen LogP contribution in [0.1, 0.15) is 37.8 Å². The average Bonchev–Trinajstić information content (AvgIpc) is 2.45. The van der Waals surface area contributed by atoms with Crippen molar-refractivity contribution in [3.05, 3.63) is 35.4 Å². The van der Waals surface area contributed by atoms with Gasteiger partial charge in [-0.2, -0.15) is 0 Å². The van der Waals surface area contributed by atoms with E-state index in [9.17, 15) is 0 Å². The third-order valence-corrected chi connectivity index (χ3v) is 3.96. The number of hydrogen-bond acceptors (Lipinski definition) is 3. The molecule has 1 saturated heterocycles. The molecule has 0 bridgehead atoms. The summed E-state index contributed by atoms with van der Waals surface area (Å²) in [6.07, 6.45) is 2.74.